The van der Waals surface area contributed by atoms with Crippen molar-refractivity contribution in [2.75, 3.05) is 5.75 Å². The van der Waals surface area contributed by atoms with Crippen LogP contribution in [0.5, 0.6) is 0 Å². The van der Waals surface area contributed by atoms with Gasteiger partial charge in [0.05, 0.1) is 28.0 Å². The maximum absolute atomic E-state index is 11.9. The van der Waals surface area contributed by atoms with Crippen LogP contribution in [0.1, 0.15) is 19.4 Å². The van der Waals surface area contributed by atoms with Gasteiger partial charge in [0, 0.05) is 10.4 Å². The monoisotopic (exact) mass is 400 g/mol. The van der Waals surface area contributed by atoms with E-state index in [-0.39, 0.29) is 17.8 Å². The van der Waals surface area contributed by atoms with E-state index in [0.717, 1.165) is 21.0 Å². The molecule has 3 rings (SSSR count). The number of nitriles is 1. The first kappa shape index (κ1) is 18.6. The summed E-state index contributed by atoms with van der Waals surface area (Å²) in [6.07, 6.45) is -0.161. The number of hydrogen-bond acceptors (Lipinski definition) is 7. The summed E-state index contributed by atoms with van der Waals surface area (Å²) in [5.74, 6) is -0.188. The van der Waals surface area contributed by atoms with Gasteiger partial charge in [-0.15, -0.1) is 22.7 Å². The van der Waals surface area contributed by atoms with E-state index < -0.39 is 0 Å². The maximum Gasteiger partial charge on any atom is 0.316 e. The van der Waals surface area contributed by atoms with Gasteiger partial charge in [0.15, 0.2) is 0 Å². The molecule has 3 aromatic rings. The van der Waals surface area contributed by atoms with Gasteiger partial charge in [-0.2, -0.15) is 5.26 Å². The predicted octanol–water partition coefficient (Wildman–Crippen LogP) is 5.45. The van der Waals surface area contributed by atoms with Gasteiger partial charge >= 0.3 is 5.97 Å². The van der Waals surface area contributed by atoms with Gasteiger partial charge in [-0.3, -0.25) is 4.79 Å². The van der Waals surface area contributed by atoms with Crippen LogP contribution in [0.2, 0.25) is 0 Å². The number of carbonyl (C=O) groups is 1. The molecule has 0 aliphatic rings. The quantitative estimate of drug-likeness (QED) is 0.406. The SMILES string of the molecule is CC(C)OC(=O)CSc1nc(-c2cccs2)cc(-c2cccs2)c1C#N. The summed E-state index contributed by atoms with van der Waals surface area (Å²) in [4.78, 5) is 18.6. The average molecular weight is 401 g/mol. The fourth-order valence-electron chi connectivity index (χ4n) is 2.34. The number of aromatic nitrogens is 1. The van der Waals surface area contributed by atoms with E-state index in [2.05, 4.69) is 11.1 Å². The molecule has 0 saturated heterocycles. The lowest BCUT2D eigenvalue weighted by Crippen LogP contribution is -2.13. The Balaban J connectivity index is 2.01. The minimum atomic E-state index is -0.310. The molecule has 132 valence electrons. The van der Waals surface area contributed by atoms with Gasteiger partial charge in [-0.1, -0.05) is 23.9 Å². The zero-order chi connectivity index (χ0) is 18.5. The van der Waals surface area contributed by atoms with Crippen molar-refractivity contribution in [3.8, 4) is 27.1 Å². The molecule has 0 bridgehead atoms. The first-order valence-corrected chi connectivity index (χ1v) is 10.7. The highest BCUT2D eigenvalue weighted by Crippen LogP contribution is 2.37. The lowest BCUT2D eigenvalue weighted by molar-refractivity contribution is -0.144. The Labute approximate surface area is 164 Å². The zero-order valence-electron chi connectivity index (χ0n) is 14.3. The Morgan fingerprint density at radius 3 is 2.54 bits per heavy atom. The molecule has 0 fully saturated rings. The normalized spacial score (nSPS) is 10.7. The van der Waals surface area contributed by atoms with Crippen molar-refractivity contribution >= 4 is 40.4 Å². The molecule has 26 heavy (non-hydrogen) atoms. The molecule has 0 aromatic carbocycles. The summed E-state index contributed by atoms with van der Waals surface area (Å²) < 4.78 is 5.18. The largest absolute Gasteiger partial charge is 0.462 e. The third-order valence-electron chi connectivity index (χ3n) is 3.35. The number of hydrogen-bond donors (Lipinski definition) is 0. The summed E-state index contributed by atoms with van der Waals surface area (Å²) in [7, 11) is 0. The Hall–Kier alpha value is -2.14. The highest BCUT2D eigenvalue weighted by molar-refractivity contribution is 7.99. The van der Waals surface area contributed by atoms with E-state index in [1.54, 1.807) is 22.7 Å². The molecule has 3 aromatic heterocycles. The number of thiophene rings is 2. The molecule has 0 amide bonds. The van der Waals surface area contributed by atoms with E-state index in [0.29, 0.717) is 10.6 Å². The van der Waals surface area contributed by atoms with Gasteiger partial charge in [0.1, 0.15) is 11.1 Å². The van der Waals surface area contributed by atoms with Crippen LogP contribution in [0, 0.1) is 11.3 Å². The Kier molecular flexibility index (Phi) is 6.09. The summed E-state index contributed by atoms with van der Waals surface area (Å²) in [5.41, 5.74) is 2.15. The minimum Gasteiger partial charge on any atom is -0.462 e. The van der Waals surface area contributed by atoms with Gasteiger partial charge in [0.2, 0.25) is 0 Å². The van der Waals surface area contributed by atoms with Crippen LogP contribution >= 0.6 is 34.4 Å². The Morgan fingerprint density at radius 1 is 1.27 bits per heavy atom. The number of rotatable bonds is 6. The van der Waals surface area contributed by atoms with Gasteiger partial charge in [-0.25, -0.2) is 4.98 Å². The van der Waals surface area contributed by atoms with Gasteiger partial charge < -0.3 is 4.74 Å². The molecule has 0 spiro atoms. The van der Waals surface area contributed by atoms with Crippen molar-refractivity contribution < 1.29 is 9.53 Å². The van der Waals surface area contributed by atoms with Crippen molar-refractivity contribution in [2.24, 2.45) is 0 Å². The highest BCUT2D eigenvalue weighted by Gasteiger charge is 2.18. The molecule has 0 unspecified atom stereocenters. The molecule has 0 aliphatic carbocycles. The smallest absolute Gasteiger partial charge is 0.316 e. The van der Waals surface area contributed by atoms with Crippen LogP contribution in [0.15, 0.2) is 46.1 Å². The van der Waals surface area contributed by atoms with E-state index in [9.17, 15) is 10.1 Å². The minimum absolute atomic E-state index is 0.123. The molecular formula is C19H16N2O2S3. The second-order valence-corrected chi connectivity index (χ2v) is 8.49. The zero-order valence-corrected chi connectivity index (χ0v) is 16.7. The summed E-state index contributed by atoms with van der Waals surface area (Å²) in [5, 5.41) is 14.2. The highest BCUT2D eigenvalue weighted by atomic mass is 32.2. The molecule has 0 N–H and O–H groups in total. The molecule has 0 atom stereocenters. The number of ether oxygens (including phenoxy) is 1. The predicted molar refractivity (Wildman–Crippen MR) is 108 cm³/mol. The van der Waals surface area contributed by atoms with E-state index >= 15 is 0 Å². The van der Waals surface area contributed by atoms with Crippen LogP contribution in [0.3, 0.4) is 0 Å². The second kappa shape index (κ2) is 8.49. The fraction of sp³-hybridized carbons (Fsp3) is 0.211. The number of esters is 1. The molecular weight excluding hydrogens is 384 g/mol. The standard InChI is InChI=1S/C19H16N2O2S3/c1-12(2)23-18(22)11-26-19-14(10-20)13(16-5-3-7-24-16)9-15(21-19)17-6-4-8-25-17/h3-9,12H,11H2,1-2H3. The number of nitrogens with zero attached hydrogens (tertiary/aromatic N) is 2. The third-order valence-corrected chi connectivity index (χ3v) is 6.10. The third kappa shape index (κ3) is 4.33. The lowest BCUT2D eigenvalue weighted by atomic mass is 10.1. The van der Waals surface area contributed by atoms with E-state index in [4.69, 9.17) is 4.74 Å². The second-order valence-electron chi connectivity index (χ2n) is 5.63. The summed E-state index contributed by atoms with van der Waals surface area (Å²) in [6.45, 7) is 3.63. The van der Waals surface area contributed by atoms with Crippen LogP contribution in [-0.2, 0) is 9.53 Å². The van der Waals surface area contributed by atoms with Crippen molar-refractivity contribution in [3.63, 3.8) is 0 Å². The van der Waals surface area contributed by atoms with E-state index in [1.165, 1.54) is 11.8 Å². The lowest BCUT2D eigenvalue weighted by Gasteiger charge is -2.11. The maximum atomic E-state index is 11.9. The van der Waals surface area contributed by atoms with Gasteiger partial charge in [-0.05, 0) is 42.8 Å². The number of pyridine rings is 1. The Morgan fingerprint density at radius 2 is 1.96 bits per heavy atom. The summed E-state index contributed by atoms with van der Waals surface area (Å²) >= 11 is 4.42. The molecule has 3 heterocycles. The molecule has 0 radical (unpaired) electrons. The van der Waals surface area contributed by atoms with Crippen LogP contribution < -0.4 is 0 Å². The van der Waals surface area contributed by atoms with Crippen LogP contribution in [0.4, 0.5) is 0 Å². The van der Waals surface area contributed by atoms with Crippen LogP contribution in [0.25, 0.3) is 21.0 Å². The number of thioether (sulfide) groups is 1. The first-order chi connectivity index (χ1) is 12.6. The van der Waals surface area contributed by atoms with Crippen molar-refractivity contribution in [2.45, 2.75) is 25.0 Å². The van der Waals surface area contributed by atoms with Crippen molar-refractivity contribution in [3.05, 3.63) is 46.7 Å². The Bertz CT molecular complexity index is 927. The average Bonchev–Trinajstić information content (AvgIpc) is 3.31. The van der Waals surface area contributed by atoms with Crippen molar-refractivity contribution in [1.82, 2.24) is 4.98 Å². The fourth-order valence-corrected chi connectivity index (χ4v) is 4.56. The molecule has 0 aliphatic heterocycles. The molecule has 7 heteroatoms. The van der Waals surface area contributed by atoms with Gasteiger partial charge in [0.25, 0.3) is 0 Å². The summed E-state index contributed by atoms with van der Waals surface area (Å²) in [6, 6.07) is 12.1. The first-order valence-electron chi connectivity index (χ1n) is 7.93. The van der Waals surface area contributed by atoms with E-state index in [1.807, 2.05) is 54.9 Å². The topological polar surface area (TPSA) is 63.0 Å². The van der Waals surface area contributed by atoms with Crippen molar-refractivity contribution in [1.29, 1.82) is 5.26 Å². The molecule has 4 nitrogen and oxygen atoms in total. The number of carbonyl (C=O) groups excluding carboxylic acids is 1. The van der Waals surface area contributed by atoms with Crippen LogP contribution in [-0.4, -0.2) is 22.8 Å². The molecule has 0 saturated carbocycles.